The summed E-state index contributed by atoms with van der Waals surface area (Å²) in [4.78, 5) is 15.6. The van der Waals surface area contributed by atoms with Crippen LogP contribution in [0.25, 0.3) is 0 Å². The average molecular weight is 574 g/mol. The number of piperidine rings is 1. The molecular formula is C27H31N3O5S3. The van der Waals surface area contributed by atoms with Gasteiger partial charge in [-0.3, -0.25) is 14.2 Å². The van der Waals surface area contributed by atoms with E-state index >= 15 is 0 Å². The number of likely N-dealkylation sites (tertiary alicyclic amines) is 1. The minimum absolute atomic E-state index is 0.00239. The zero-order valence-electron chi connectivity index (χ0n) is 21.5. The lowest BCUT2D eigenvalue weighted by atomic mass is 10.1. The summed E-state index contributed by atoms with van der Waals surface area (Å²) in [5.41, 5.74) is 3.02. The van der Waals surface area contributed by atoms with Crippen molar-refractivity contribution in [3.05, 3.63) is 77.4 Å². The van der Waals surface area contributed by atoms with E-state index in [4.69, 9.17) is 0 Å². The summed E-state index contributed by atoms with van der Waals surface area (Å²) < 4.78 is 57.0. The molecule has 0 atom stereocenters. The van der Waals surface area contributed by atoms with Gasteiger partial charge >= 0.3 is 0 Å². The van der Waals surface area contributed by atoms with Crippen LogP contribution in [0.15, 0.2) is 75.4 Å². The number of thioether (sulfide) groups is 1. The molecule has 0 saturated carbocycles. The molecule has 1 heterocycles. The van der Waals surface area contributed by atoms with E-state index in [2.05, 4.69) is 9.44 Å². The number of nitrogens with one attached hydrogen (secondary N) is 2. The standard InChI is InChI=1S/C27H31N3O5S3/c1-19-7-8-22(17-20(19)2)29-37(32,33)23-11-9-21(10-12-23)28-38(34,35)24-13-14-26(36-3)25(18-24)27(31)30-15-5-4-6-16-30/h7-14,17-18,28-29H,4-6,15-16H2,1-3H3. The van der Waals surface area contributed by atoms with Gasteiger partial charge in [-0.1, -0.05) is 6.07 Å². The van der Waals surface area contributed by atoms with E-state index in [1.807, 2.05) is 26.2 Å². The van der Waals surface area contributed by atoms with E-state index in [0.29, 0.717) is 29.2 Å². The third-order valence-electron chi connectivity index (χ3n) is 6.53. The van der Waals surface area contributed by atoms with E-state index in [-0.39, 0.29) is 21.4 Å². The van der Waals surface area contributed by atoms with Crippen LogP contribution in [0.5, 0.6) is 0 Å². The Balaban J connectivity index is 1.53. The van der Waals surface area contributed by atoms with E-state index in [9.17, 15) is 21.6 Å². The maximum atomic E-state index is 13.2. The van der Waals surface area contributed by atoms with Crippen LogP contribution in [0.4, 0.5) is 11.4 Å². The van der Waals surface area contributed by atoms with Crippen molar-refractivity contribution in [1.82, 2.24) is 4.90 Å². The maximum absolute atomic E-state index is 13.2. The number of hydrogen-bond acceptors (Lipinski definition) is 6. The highest BCUT2D eigenvalue weighted by Gasteiger charge is 2.24. The Morgan fingerprint density at radius 1 is 0.737 bits per heavy atom. The second-order valence-electron chi connectivity index (χ2n) is 9.25. The summed E-state index contributed by atoms with van der Waals surface area (Å²) in [5.74, 6) is -0.170. The summed E-state index contributed by atoms with van der Waals surface area (Å²) >= 11 is 1.39. The summed E-state index contributed by atoms with van der Waals surface area (Å²) in [6.45, 7) is 5.16. The van der Waals surface area contributed by atoms with Crippen molar-refractivity contribution < 1.29 is 21.6 Å². The fraction of sp³-hybridized carbons (Fsp3) is 0.296. The first-order valence-corrected chi connectivity index (χ1v) is 16.4. The Bertz CT molecular complexity index is 1550. The largest absolute Gasteiger partial charge is 0.339 e. The molecule has 1 aliphatic heterocycles. The van der Waals surface area contributed by atoms with Crippen molar-refractivity contribution in [3.63, 3.8) is 0 Å². The molecule has 0 aromatic heterocycles. The van der Waals surface area contributed by atoms with Crippen LogP contribution in [-0.4, -0.2) is 47.0 Å². The van der Waals surface area contributed by atoms with Gasteiger partial charge in [0.05, 0.1) is 15.4 Å². The fourth-order valence-electron chi connectivity index (χ4n) is 4.22. The molecule has 0 bridgehead atoms. The highest BCUT2D eigenvalue weighted by atomic mass is 32.2. The fourth-order valence-corrected chi connectivity index (χ4v) is 6.93. The SMILES string of the molecule is CSc1ccc(S(=O)(=O)Nc2ccc(S(=O)(=O)Nc3ccc(C)c(C)c3)cc2)cc1C(=O)N1CCCCC1. The highest BCUT2D eigenvalue weighted by molar-refractivity contribution is 7.98. The Morgan fingerprint density at radius 2 is 1.32 bits per heavy atom. The van der Waals surface area contributed by atoms with Gasteiger partial charge in [-0.25, -0.2) is 16.8 Å². The topological polar surface area (TPSA) is 113 Å². The average Bonchev–Trinajstić information content (AvgIpc) is 2.90. The normalized spacial score (nSPS) is 14.2. The number of carbonyl (C=O) groups excluding carboxylic acids is 1. The van der Waals surface area contributed by atoms with Crippen molar-refractivity contribution in [1.29, 1.82) is 0 Å². The molecule has 1 aliphatic rings. The number of carbonyl (C=O) groups is 1. The lowest BCUT2D eigenvalue weighted by Gasteiger charge is -2.27. The third-order valence-corrected chi connectivity index (χ3v) is 10.1. The smallest absolute Gasteiger partial charge is 0.261 e. The molecule has 4 rings (SSSR count). The van der Waals surface area contributed by atoms with Gasteiger partial charge in [0.2, 0.25) is 0 Å². The molecule has 1 amide bonds. The Morgan fingerprint density at radius 3 is 1.95 bits per heavy atom. The monoisotopic (exact) mass is 573 g/mol. The molecule has 0 radical (unpaired) electrons. The predicted octanol–water partition coefficient (Wildman–Crippen LogP) is 5.25. The number of sulfonamides is 2. The van der Waals surface area contributed by atoms with Crippen molar-refractivity contribution in [2.24, 2.45) is 0 Å². The van der Waals surface area contributed by atoms with Gasteiger partial charge in [0, 0.05) is 29.4 Å². The molecule has 2 N–H and O–H groups in total. The number of nitrogens with zero attached hydrogens (tertiary/aromatic N) is 1. The van der Waals surface area contributed by atoms with Gasteiger partial charge in [0.25, 0.3) is 26.0 Å². The zero-order valence-corrected chi connectivity index (χ0v) is 24.0. The molecule has 0 aliphatic carbocycles. The molecule has 38 heavy (non-hydrogen) atoms. The molecule has 8 nitrogen and oxygen atoms in total. The minimum Gasteiger partial charge on any atom is -0.339 e. The second-order valence-corrected chi connectivity index (χ2v) is 13.5. The van der Waals surface area contributed by atoms with Gasteiger partial charge in [-0.15, -0.1) is 11.8 Å². The summed E-state index contributed by atoms with van der Waals surface area (Å²) in [7, 11) is -7.89. The Hall–Kier alpha value is -3.02. The van der Waals surface area contributed by atoms with E-state index in [0.717, 1.165) is 30.4 Å². The number of hydrogen-bond donors (Lipinski definition) is 2. The summed E-state index contributed by atoms with van der Waals surface area (Å²) in [6.07, 6.45) is 4.80. The van der Waals surface area contributed by atoms with Gasteiger partial charge in [-0.2, -0.15) is 0 Å². The van der Waals surface area contributed by atoms with Crippen molar-refractivity contribution in [2.75, 3.05) is 28.8 Å². The number of anilines is 2. The molecule has 3 aromatic rings. The maximum Gasteiger partial charge on any atom is 0.261 e. The Kier molecular flexibility index (Phi) is 8.39. The van der Waals surface area contributed by atoms with Crippen molar-refractivity contribution in [2.45, 2.75) is 47.8 Å². The first-order valence-electron chi connectivity index (χ1n) is 12.2. The first kappa shape index (κ1) is 28.0. The van der Waals surface area contributed by atoms with Crippen molar-refractivity contribution >= 4 is 49.1 Å². The van der Waals surface area contributed by atoms with E-state index in [1.54, 1.807) is 23.1 Å². The van der Waals surface area contributed by atoms with Gasteiger partial charge in [0.1, 0.15) is 0 Å². The third kappa shape index (κ3) is 6.33. The number of benzene rings is 3. The molecule has 202 valence electrons. The minimum atomic E-state index is -4.03. The molecule has 0 spiro atoms. The Labute approximate surface area is 228 Å². The molecule has 11 heteroatoms. The summed E-state index contributed by atoms with van der Waals surface area (Å²) in [5, 5.41) is 0. The van der Waals surface area contributed by atoms with Crippen LogP contribution >= 0.6 is 11.8 Å². The van der Waals surface area contributed by atoms with Crippen LogP contribution in [0.2, 0.25) is 0 Å². The van der Waals surface area contributed by atoms with Crippen LogP contribution in [-0.2, 0) is 20.0 Å². The zero-order chi connectivity index (χ0) is 27.5. The first-order chi connectivity index (χ1) is 18.0. The van der Waals surface area contributed by atoms with Crippen molar-refractivity contribution in [3.8, 4) is 0 Å². The summed E-state index contributed by atoms with van der Waals surface area (Å²) in [6, 6.07) is 15.3. The molecular weight excluding hydrogens is 543 g/mol. The molecule has 3 aromatic carbocycles. The lowest BCUT2D eigenvalue weighted by Crippen LogP contribution is -2.36. The molecule has 0 unspecified atom stereocenters. The van der Waals surface area contributed by atoms with Gasteiger partial charge < -0.3 is 4.90 Å². The van der Waals surface area contributed by atoms with E-state index in [1.165, 1.54) is 48.2 Å². The second kappa shape index (κ2) is 11.4. The number of aryl methyl sites for hydroxylation is 2. The lowest BCUT2D eigenvalue weighted by molar-refractivity contribution is 0.0720. The van der Waals surface area contributed by atoms with Gasteiger partial charge in [-0.05, 0) is 105 Å². The van der Waals surface area contributed by atoms with Crippen LogP contribution in [0, 0.1) is 13.8 Å². The van der Waals surface area contributed by atoms with E-state index < -0.39 is 20.0 Å². The molecule has 1 fully saturated rings. The highest BCUT2D eigenvalue weighted by Crippen LogP contribution is 2.28. The number of amides is 1. The van der Waals surface area contributed by atoms with Gasteiger partial charge in [0.15, 0.2) is 0 Å². The quantitative estimate of drug-likeness (QED) is 0.356. The van der Waals surface area contributed by atoms with Crippen LogP contribution < -0.4 is 9.44 Å². The molecule has 1 saturated heterocycles. The van der Waals surface area contributed by atoms with Crippen LogP contribution in [0.3, 0.4) is 0 Å². The predicted molar refractivity (Wildman–Crippen MR) is 152 cm³/mol. The number of rotatable bonds is 8. The van der Waals surface area contributed by atoms with Crippen LogP contribution in [0.1, 0.15) is 40.7 Å².